The predicted molar refractivity (Wildman–Crippen MR) is 53.5 cm³/mol. The molecule has 0 N–H and O–H groups in total. The highest BCUT2D eigenvalue weighted by atomic mass is 32.2. The van der Waals surface area contributed by atoms with Crippen molar-refractivity contribution in [3.05, 3.63) is 33.1 Å². The van der Waals surface area contributed by atoms with Crippen LogP contribution in [0.5, 0.6) is 0 Å². The van der Waals surface area contributed by atoms with Gasteiger partial charge in [-0.1, -0.05) is 6.08 Å². The summed E-state index contributed by atoms with van der Waals surface area (Å²) in [6.07, 6.45) is 2.18. The molecule has 0 aromatic carbocycles. The summed E-state index contributed by atoms with van der Waals surface area (Å²) in [5.41, 5.74) is 4.23. The second kappa shape index (κ2) is 3.31. The third-order valence-corrected chi connectivity index (χ3v) is 3.18. The highest BCUT2D eigenvalue weighted by Crippen LogP contribution is 2.29. The summed E-state index contributed by atoms with van der Waals surface area (Å²) in [6, 6.07) is 0. The smallest absolute Gasteiger partial charge is 0.0107 e. The summed E-state index contributed by atoms with van der Waals surface area (Å²) >= 11 is 1.81. The van der Waals surface area contributed by atoms with Gasteiger partial charge in [0, 0.05) is 0 Å². The molecule has 0 saturated heterocycles. The first-order valence-electron chi connectivity index (χ1n) is 3.81. The van der Waals surface area contributed by atoms with Crippen molar-refractivity contribution in [2.24, 2.45) is 0 Å². The number of rotatable bonds is 0. The van der Waals surface area contributed by atoms with Gasteiger partial charge in [-0.05, 0) is 54.7 Å². The van der Waals surface area contributed by atoms with Gasteiger partial charge in [0.2, 0.25) is 0 Å². The molecule has 0 radical (unpaired) electrons. The monoisotopic (exact) mass is 166 g/mol. The third kappa shape index (κ3) is 1.78. The van der Waals surface area contributed by atoms with Gasteiger partial charge in [-0.2, -0.15) is 0 Å². The molecular formula is C10H14S. The highest BCUT2D eigenvalue weighted by Gasteiger charge is 2.04. The summed E-state index contributed by atoms with van der Waals surface area (Å²) < 4.78 is 0. The van der Waals surface area contributed by atoms with Crippen molar-refractivity contribution in [1.29, 1.82) is 0 Å². The molecule has 0 aliphatic carbocycles. The maximum Gasteiger partial charge on any atom is -0.0107 e. The molecule has 0 bridgehead atoms. The quantitative estimate of drug-likeness (QED) is 0.526. The van der Waals surface area contributed by atoms with Crippen LogP contribution in [0, 0.1) is 0 Å². The normalized spacial score (nSPS) is 19.3. The average molecular weight is 166 g/mol. The fraction of sp³-hybridized carbons (Fsp3) is 0.400. The topological polar surface area (TPSA) is 0 Å². The summed E-state index contributed by atoms with van der Waals surface area (Å²) in [4.78, 5) is 1.41. The van der Waals surface area contributed by atoms with E-state index in [0.29, 0.717) is 0 Å². The fourth-order valence-electron chi connectivity index (χ4n) is 1.01. The van der Waals surface area contributed by atoms with Crippen molar-refractivity contribution in [2.75, 3.05) is 0 Å². The van der Waals surface area contributed by atoms with E-state index in [0.717, 1.165) is 0 Å². The van der Waals surface area contributed by atoms with Crippen molar-refractivity contribution in [3.8, 4) is 0 Å². The Labute approximate surface area is 73.1 Å². The van der Waals surface area contributed by atoms with E-state index in [1.54, 1.807) is 0 Å². The van der Waals surface area contributed by atoms with E-state index < -0.39 is 0 Å². The lowest BCUT2D eigenvalue weighted by atomic mass is 10.0. The molecule has 0 nitrogen and oxygen atoms in total. The minimum absolute atomic E-state index is 1.38. The van der Waals surface area contributed by atoms with Gasteiger partial charge in [0.15, 0.2) is 0 Å². The average Bonchev–Trinajstić information content (AvgIpc) is 2.07. The summed E-state index contributed by atoms with van der Waals surface area (Å²) in [6.45, 7) is 8.71. The third-order valence-electron chi connectivity index (χ3n) is 2.24. The fourth-order valence-corrected chi connectivity index (χ4v) is 1.82. The van der Waals surface area contributed by atoms with E-state index in [9.17, 15) is 0 Å². The Morgan fingerprint density at radius 2 is 1.64 bits per heavy atom. The van der Waals surface area contributed by atoms with Gasteiger partial charge in [-0.3, -0.25) is 0 Å². The maximum atomic E-state index is 2.19. The molecule has 60 valence electrons. The maximum absolute atomic E-state index is 2.19. The molecule has 0 atom stereocenters. The first-order valence-corrected chi connectivity index (χ1v) is 4.69. The van der Waals surface area contributed by atoms with Gasteiger partial charge < -0.3 is 0 Å². The van der Waals surface area contributed by atoms with Crippen LogP contribution in [0.4, 0.5) is 0 Å². The largest absolute Gasteiger partial charge is 0.103 e. The highest BCUT2D eigenvalue weighted by molar-refractivity contribution is 8.05. The van der Waals surface area contributed by atoms with Crippen LogP contribution < -0.4 is 0 Å². The zero-order chi connectivity index (χ0) is 8.43. The summed E-state index contributed by atoms with van der Waals surface area (Å²) in [5.74, 6) is 0. The molecule has 1 aliphatic rings. The SMILES string of the molecule is CC1=C(C)C(C)=C(C)SC=C1. The second-order valence-corrected chi connectivity index (χ2v) is 4.03. The van der Waals surface area contributed by atoms with Gasteiger partial charge in [-0.25, -0.2) is 0 Å². The van der Waals surface area contributed by atoms with Crippen molar-refractivity contribution in [2.45, 2.75) is 27.7 Å². The Balaban J connectivity index is 3.15. The van der Waals surface area contributed by atoms with Crippen LogP contribution >= 0.6 is 11.8 Å². The molecule has 1 heteroatoms. The Hall–Kier alpha value is -0.430. The zero-order valence-electron chi connectivity index (χ0n) is 7.56. The van der Waals surface area contributed by atoms with Crippen LogP contribution in [0.1, 0.15) is 27.7 Å². The standard InChI is InChI=1S/C10H14S/c1-7-5-6-11-10(4)9(3)8(7)2/h5-6H,1-4H3. The van der Waals surface area contributed by atoms with E-state index in [1.807, 2.05) is 11.8 Å². The lowest BCUT2D eigenvalue weighted by Gasteiger charge is -2.04. The van der Waals surface area contributed by atoms with Gasteiger partial charge in [0.1, 0.15) is 0 Å². The van der Waals surface area contributed by atoms with Crippen LogP contribution in [0.2, 0.25) is 0 Å². The van der Waals surface area contributed by atoms with Crippen LogP contribution in [0.3, 0.4) is 0 Å². The molecule has 1 heterocycles. The molecule has 0 spiro atoms. The van der Waals surface area contributed by atoms with Crippen molar-refractivity contribution < 1.29 is 0 Å². The molecule has 1 aliphatic heterocycles. The molecule has 0 aromatic heterocycles. The van der Waals surface area contributed by atoms with Gasteiger partial charge in [0.05, 0.1) is 0 Å². The molecule has 11 heavy (non-hydrogen) atoms. The summed E-state index contributed by atoms with van der Waals surface area (Å²) in [7, 11) is 0. The first-order chi connectivity index (χ1) is 5.13. The van der Waals surface area contributed by atoms with Gasteiger partial charge in [-0.15, -0.1) is 11.8 Å². The predicted octanol–water partition coefficient (Wildman–Crippen LogP) is 3.88. The molecule has 1 rings (SSSR count). The van der Waals surface area contributed by atoms with E-state index >= 15 is 0 Å². The van der Waals surface area contributed by atoms with Gasteiger partial charge in [0.25, 0.3) is 0 Å². The van der Waals surface area contributed by atoms with E-state index in [2.05, 4.69) is 39.2 Å². The van der Waals surface area contributed by atoms with Crippen molar-refractivity contribution in [1.82, 2.24) is 0 Å². The molecule has 0 unspecified atom stereocenters. The molecular weight excluding hydrogens is 152 g/mol. The number of hydrogen-bond donors (Lipinski definition) is 0. The molecule has 0 saturated carbocycles. The Kier molecular flexibility index (Phi) is 2.61. The van der Waals surface area contributed by atoms with Gasteiger partial charge >= 0.3 is 0 Å². The van der Waals surface area contributed by atoms with Crippen LogP contribution in [-0.2, 0) is 0 Å². The van der Waals surface area contributed by atoms with Crippen LogP contribution in [0.25, 0.3) is 0 Å². The Bertz CT molecular complexity index is 254. The van der Waals surface area contributed by atoms with Crippen molar-refractivity contribution in [3.63, 3.8) is 0 Å². The van der Waals surface area contributed by atoms with E-state index in [-0.39, 0.29) is 0 Å². The molecule has 0 fully saturated rings. The van der Waals surface area contributed by atoms with Crippen LogP contribution in [-0.4, -0.2) is 0 Å². The minimum atomic E-state index is 1.38. The lowest BCUT2D eigenvalue weighted by Crippen LogP contribution is -1.83. The van der Waals surface area contributed by atoms with Crippen molar-refractivity contribution >= 4 is 11.8 Å². The second-order valence-electron chi connectivity index (χ2n) is 2.91. The minimum Gasteiger partial charge on any atom is -0.103 e. The molecule has 0 amide bonds. The number of hydrogen-bond acceptors (Lipinski definition) is 1. The Morgan fingerprint density at radius 1 is 1.00 bits per heavy atom. The number of allylic oxidation sites excluding steroid dienone is 5. The Morgan fingerprint density at radius 3 is 2.27 bits per heavy atom. The van der Waals surface area contributed by atoms with E-state index in [4.69, 9.17) is 0 Å². The number of thioether (sulfide) groups is 1. The molecule has 0 aromatic rings. The first kappa shape index (κ1) is 8.66. The summed E-state index contributed by atoms with van der Waals surface area (Å²) in [5, 5.41) is 2.16. The van der Waals surface area contributed by atoms with Crippen LogP contribution in [0.15, 0.2) is 33.1 Å². The lowest BCUT2D eigenvalue weighted by molar-refractivity contribution is 1.26. The zero-order valence-corrected chi connectivity index (χ0v) is 8.38. The van der Waals surface area contributed by atoms with E-state index in [1.165, 1.54) is 21.6 Å².